The highest BCUT2D eigenvalue weighted by molar-refractivity contribution is 6.39. The Morgan fingerprint density at radius 2 is 1.78 bits per heavy atom. The van der Waals surface area contributed by atoms with Crippen LogP contribution in [0, 0.1) is 5.92 Å². The van der Waals surface area contributed by atoms with E-state index in [2.05, 4.69) is 20.8 Å². The third-order valence-electron chi connectivity index (χ3n) is 6.25. The highest BCUT2D eigenvalue weighted by Gasteiger charge is 2.32. The monoisotopic (exact) mass is 535 g/mol. The lowest BCUT2D eigenvalue weighted by atomic mass is 9.99. The van der Waals surface area contributed by atoms with Crippen LogP contribution in [0.5, 0.6) is 0 Å². The Hall–Kier alpha value is -2.91. The van der Waals surface area contributed by atoms with Gasteiger partial charge in [-0.3, -0.25) is 24.3 Å². The Bertz CT molecular complexity index is 1110. The van der Waals surface area contributed by atoms with Crippen molar-refractivity contribution in [1.82, 2.24) is 25.7 Å². The summed E-state index contributed by atoms with van der Waals surface area (Å²) in [6, 6.07) is 4.11. The van der Waals surface area contributed by atoms with Gasteiger partial charge in [-0.1, -0.05) is 50.0 Å². The van der Waals surface area contributed by atoms with Crippen LogP contribution >= 0.6 is 23.2 Å². The molecule has 1 atom stereocenters. The van der Waals surface area contributed by atoms with Gasteiger partial charge in [-0.05, 0) is 30.9 Å². The summed E-state index contributed by atoms with van der Waals surface area (Å²) < 4.78 is 0. The molecule has 0 bridgehead atoms. The Morgan fingerprint density at radius 1 is 1.14 bits per heavy atom. The van der Waals surface area contributed by atoms with E-state index >= 15 is 0 Å². The topological polar surface area (TPSA) is 124 Å². The molecule has 9 nitrogen and oxygen atoms in total. The fourth-order valence-corrected chi connectivity index (χ4v) is 4.76. The number of benzene rings is 1. The summed E-state index contributed by atoms with van der Waals surface area (Å²) in [7, 11) is 0. The van der Waals surface area contributed by atoms with Gasteiger partial charge in [0.15, 0.2) is 5.78 Å². The molecule has 3 amide bonds. The van der Waals surface area contributed by atoms with Gasteiger partial charge in [0.25, 0.3) is 5.91 Å². The maximum atomic E-state index is 13.0. The quantitative estimate of drug-likeness (QED) is 0.424. The minimum absolute atomic E-state index is 0.0346. The van der Waals surface area contributed by atoms with E-state index in [4.69, 9.17) is 23.2 Å². The normalized spacial score (nSPS) is 15.0. The first-order valence-electron chi connectivity index (χ1n) is 12.0. The predicted octanol–water partition coefficient (Wildman–Crippen LogP) is 3.41. The third-order valence-corrected chi connectivity index (χ3v) is 6.88. The van der Waals surface area contributed by atoms with E-state index in [1.54, 1.807) is 30.0 Å². The van der Waals surface area contributed by atoms with Crippen molar-refractivity contribution in [2.45, 2.75) is 58.5 Å². The van der Waals surface area contributed by atoms with Gasteiger partial charge >= 0.3 is 0 Å². The fourth-order valence-electron chi connectivity index (χ4n) is 4.15. The smallest absolute Gasteiger partial charge is 0.269 e. The summed E-state index contributed by atoms with van der Waals surface area (Å²) in [6.07, 6.45) is 2.81. The molecule has 0 aliphatic carbocycles. The van der Waals surface area contributed by atoms with Gasteiger partial charge in [0.2, 0.25) is 11.8 Å². The Morgan fingerprint density at radius 3 is 2.36 bits per heavy atom. The second-order valence-corrected chi connectivity index (χ2v) is 10.00. The molecule has 0 saturated carbocycles. The zero-order chi connectivity index (χ0) is 26.4. The van der Waals surface area contributed by atoms with Gasteiger partial charge in [-0.15, -0.1) is 0 Å². The molecule has 1 aromatic carbocycles. The number of likely N-dealkylation sites (tertiary alicyclic amines) is 1. The SMILES string of the molecule is CCC(=O)N[C@H](C(=O)N1CCC(NC(=O)c2[nH]ncc2CC(=O)c2c(Cl)cccc2Cl)CC1)C(C)C. The first kappa shape index (κ1) is 27.7. The Balaban J connectivity index is 1.58. The van der Waals surface area contributed by atoms with Crippen molar-refractivity contribution < 1.29 is 19.2 Å². The molecule has 2 aromatic rings. The van der Waals surface area contributed by atoms with Crippen LogP contribution in [0.15, 0.2) is 24.4 Å². The summed E-state index contributed by atoms with van der Waals surface area (Å²) in [6.45, 7) is 6.48. The largest absolute Gasteiger partial charge is 0.348 e. The number of hydrogen-bond acceptors (Lipinski definition) is 5. The number of Topliss-reactive ketones (excluding diaryl/α,β-unsaturated/α-hetero) is 1. The number of aromatic nitrogens is 2. The second-order valence-electron chi connectivity index (χ2n) is 9.18. The maximum Gasteiger partial charge on any atom is 0.269 e. The van der Waals surface area contributed by atoms with E-state index < -0.39 is 6.04 Å². The molecule has 1 aliphatic rings. The van der Waals surface area contributed by atoms with Crippen molar-refractivity contribution in [3.63, 3.8) is 0 Å². The van der Waals surface area contributed by atoms with Crippen LogP contribution in [0.2, 0.25) is 10.0 Å². The molecule has 11 heteroatoms. The number of piperidine rings is 1. The Labute approximate surface area is 220 Å². The van der Waals surface area contributed by atoms with Gasteiger partial charge in [0.1, 0.15) is 11.7 Å². The zero-order valence-electron chi connectivity index (χ0n) is 20.6. The predicted molar refractivity (Wildman–Crippen MR) is 137 cm³/mol. The van der Waals surface area contributed by atoms with Crippen LogP contribution in [0.3, 0.4) is 0 Å². The van der Waals surface area contributed by atoms with E-state index in [1.165, 1.54) is 6.20 Å². The van der Waals surface area contributed by atoms with Crippen LogP contribution in [0.4, 0.5) is 0 Å². The van der Waals surface area contributed by atoms with E-state index in [1.807, 2.05) is 13.8 Å². The first-order valence-corrected chi connectivity index (χ1v) is 12.8. The summed E-state index contributed by atoms with van der Waals surface area (Å²) >= 11 is 12.3. The van der Waals surface area contributed by atoms with Crippen molar-refractivity contribution in [2.24, 2.45) is 5.92 Å². The molecule has 3 rings (SSSR count). The van der Waals surface area contributed by atoms with Crippen LogP contribution in [0.25, 0.3) is 0 Å². The number of aromatic amines is 1. The van der Waals surface area contributed by atoms with Crippen molar-refractivity contribution in [2.75, 3.05) is 13.1 Å². The molecule has 0 spiro atoms. The average Bonchev–Trinajstić information content (AvgIpc) is 3.30. The highest BCUT2D eigenvalue weighted by atomic mass is 35.5. The fraction of sp³-hybridized carbons (Fsp3) is 0.480. The second kappa shape index (κ2) is 12.4. The lowest BCUT2D eigenvalue weighted by Gasteiger charge is -2.35. The van der Waals surface area contributed by atoms with E-state index in [0.717, 1.165) is 0 Å². The molecule has 1 aromatic heterocycles. The summed E-state index contributed by atoms with van der Waals surface area (Å²) in [5.74, 6) is -0.991. The van der Waals surface area contributed by atoms with Crippen molar-refractivity contribution in [3.05, 3.63) is 51.3 Å². The molecule has 36 heavy (non-hydrogen) atoms. The third kappa shape index (κ3) is 6.64. The number of carbonyl (C=O) groups is 4. The summed E-state index contributed by atoms with van der Waals surface area (Å²) in [4.78, 5) is 52.3. The number of halogens is 2. The number of nitrogens with one attached hydrogen (secondary N) is 3. The number of rotatable bonds is 9. The molecule has 1 fully saturated rings. The molecule has 1 saturated heterocycles. The minimum atomic E-state index is -0.569. The molecule has 2 heterocycles. The van der Waals surface area contributed by atoms with Crippen LogP contribution in [0.1, 0.15) is 66.4 Å². The van der Waals surface area contributed by atoms with E-state index in [0.29, 0.717) is 37.9 Å². The maximum absolute atomic E-state index is 13.0. The van der Waals surface area contributed by atoms with Gasteiger partial charge in [0, 0.05) is 37.5 Å². The van der Waals surface area contributed by atoms with Gasteiger partial charge in [0.05, 0.1) is 21.8 Å². The van der Waals surface area contributed by atoms with Crippen LogP contribution in [-0.2, 0) is 16.0 Å². The van der Waals surface area contributed by atoms with Crippen LogP contribution < -0.4 is 10.6 Å². The number of hydrogen-bond donors (Lipinski definition) is 3. The minimum Gasteiger partial charge on any atom is -0.348 e. The van der Waals surface area contributed by atoms with Crippen LogP contribution in [-0.4, -0.2) is 63.8 Å². The molecule has 194 valence electrons. The van der Waals surface area contributed by atoms with Crippen molar-refractivity contribution >= 4 is 46.7 Å². The zero-order valence-corrected chi connectivity index (χ0v) is 22.1. The number of ketones is 1. The summed E-state index contributed by atoms with van der Waals surface area (Å²) in [5, 5.41) is 12.9. The Kier molecular flexibility index (Phi) is 9.50. The first-order chi connectivity index (χ1) is 17.1. The molecule has 3 N–H and O–H groups in total. The number of H-pyrrole nitrogens is 1. The van der Waals surface area contributed by atoms with Gasteiger partial charge in [-0.25, -0.2) is 0 Å². The molecule has 0 radical (unpaired) electrons. The molecule has 0 unspecified atom stereocenters. The van der Waals surface area contributed by atoms with Gasteiger partial charge in [-0.2, -0.15) is 5.10 Å². The van der Waals surface area contributed by atoms with E-state index in [-0.39, 0.29) is 63.2 Å². The lowest BCUT2D eigenvalue weighted by molar-refractivity contribution is -0.138. The number of amides is 3. The lowest BCUT2D eigenvalue weighted by Crippen LogP contribution is -2.54. The molecule has 1 aliphatic heterocycles. The molecular weight excluding hydrogens is 505 g/mol. The number of nitrogens with zero attached hydrogens (tertiary/aromatic N) is 2. The summed E-state index contributed by atoms with van der Waals surface area (Å²) in [5.41, 5.74) is 0.847. The number of carbonyl (C=O) groups excluding carboxylic acids is 4. The highest BCUT2D eigenvalue weighted by Crippen LogP contribution is 2.26. The standard InChI is InChI=1S/C25H31Cl2N5O4/c1-4-20(34)30-22(14(2)3)25(36)32-10-8-16(9-11-32)29-24(35)23-15(13-28-31-23)12-19(33)21-17(26)6-5-7-18(21)27/h5-7,13-14,16,22H,4,8-12H2,1-3H3,(H,28,31)(H,29,35)(H,30,34)/t22-/m0/s1. The van der Waals surface area contributed by atoms with Gasteiger partial charge < -0.3 is 15.5 Å². The van der Waals surface area contributed by atoms with Crippen molar-refractivity contribution in [3.8, 4) is 0 Å². The average molecular weight is 536 g/mol. The molecular formula is C25H31Cl2N5O4. The van der Waals surface area contributed by atoms with Crippen molar-refractivity contribution in [1.29, 1.82) is 0 Å². The van der Waals surface area contributed by atoms with E-state index in [9.17, 15) is 19.2 Å².